The van der Waals surface area contributed by atoms with Gasteiger partial charge in [-0.25, -0.2) is 0 Å². The lowest BCUT2D eigenvalue weighted by Gasteiger charge is -2.24. The maximum atomic E-state index is 3.40. The summed E-state index contributed by atoms with van der Waals surface area (Å²) in [6.45, 7) is 0. The molecule has 2 unspecified atom stereocenters. The van der Waals surface area contributed by atoms with Gasteiger partial charge in [-0.2, -0.15) is 0 Å². The lowest BCUT2D eigenvalue weighted by atomic mass is 10.1. The highest BCUT2D eigenvalue weighted by Crippen LogP contribution is 2.32. The molecule has 0 saturated carbocycles. The SMILES string of the molecule is CNC(c1cccs1)C(NC)c1cccs1. The van der Waals surface area contributed by atoms with Crippen LogP contribution in [0.4, 0.5) is 0 Å². The number of hydrogen-bond donors (Lipinski definition) is 2. The average Bonchev–Trinajstić information content (AvgIpc) is 2.97. The van der Waals surface area contributed by atoms with Crippen LogP contribution in [0.2, 0.25) is 0 Å². The van der Waals surface area contributed by atoms with Crippen molar-refractivity contribution in [1.82, 2.24) is 10.6 Å². The molecule has 4 heteroatoms. The summed E-state index contributed by atoms with van der Waals surface area (Å²) in [6, 6.07) is 9.25. The van der Waals surface area contributed by atoms with Crippen LogP contribution in [0.1, 0.15) is 21.8 Å². The van der Waals surface area contributed by atoms with Crippen LogP contribution in [-0.2, 0) is 0 Å². The van der Waals surface area contributed by atoms with Gasteiger partial charge in [0, 0.05) is 9.75 Å². The Morgan fingerprint density at radius 3 is 1.56 bits per heavy atom. The lowest BCUT2D eigenvalue weighted by molar-refractivity contribution is 0.444. The fourth-order valence-electron chi connectivity index (χ4n) is 1.88. The molecule has 0 bridgehead atoms. The Labute approximate surface area is 104 Å². The highest BCUT2D eigenvalue weighted by Gasteiger charge is 2.23. The van der Waals surface area contributed by atoms with Gasteiger partial charge in [-0.3, -0.25) is 0 Å². The van der Waals surface area contributed by atoms with Gasteiger partial charge in [-0.05, 0) is 37.0 Å². The largest absolute Gasteiger partial charge is 0.311 e. The van der Waals surface area contributed by atoms with E-state index in [2.05, 4.69) is 45.7 Å². The fourth-order valence-corrected chi connectivity index (χ4v) is 3.63. The Hall–Kier alpha value is -0.680. The zero-order chi connectivity index (χ0) is 11.4. The number of hydrogen-bond acceptors (Lipinski definition) is 4. The highest BCUT2D eigenvalue weighted by atomic mass is 32.1. The highest BCUT2D eigenvalue weighted by molar-refractivity contribution is 7.10. The fraction of sp³-hybridized carbons (Fsp3) is 0.333. The van der Waals surface area contributed by atoms with Crippen LogP contribution in [-0.4, -0.2) is 14.1 Å². The van der Waals surface area contributed by atoms with E-state index >= 15 is 0 Å². The summed E-state index contributed by atoms with van der Waals surface area (Å²) in [5.74, 6) is 0. The summed E-state index contributed by atoms with van der Waals surface area (Å²) in [7, 11) is 4.03. The monoisotopic (exact) mass is 252 g/mol. The maximum Gasteiger partial charge on any atom is 0.0618 e. The summed E-state index contributed by atoms with van der Waals surface area (Å²) in [5, 5.41) is 11.0. The Morgan fingerprint density at radius 1 is 0.875 bits per heavy atom. The molecule has 0 aliphatic rings. The zero-order valence-corrected chi connectivity index (χ0v) is 11.1. The van der Waals surface area contributed by atoms with Crippen LogP contribution in [0.15, 0.2) is 35.0 Å². The molecule has 0 radical (unpaired) electrons. The van der Waals surface area contributed by atoms with E-state index in [4.69, 9.17) is 0 Å². The van der Waals surface area contributed by atoms with Gasteiger partial charge >= 0.3 is 0 Å². The normalized spacial score (nSPS) is 14.9. The van der Waals surface area contributed by atoms with E-state index in [-0.39, 0.29) is 0 Å². The van der Waals surface area contributed by atoms with Gasteiger partial charge < -0.3 is 10.6 Å². The minimum atomic E-state index is 0.337. The van der Waals surface area contributed by atoms with E-state index < -0.39 is 0 Å². The van der Waals surface area contributed by atoms with Gasteiger partial charge in [0.1, 0.15) is 0 Å². The summed E-state index contributed by atoms with van der Waals surface area (Å²) < 4.78 is 0. The molecule has 0 saturated heterocycles. The standard InChI is InChI=1S/C12H16N2S2/c1-13-11(9-5-3-7-15-9)12(14-2)10-6-4-8-16-10/h3-8,11-14H,1-2H3. The van der Waals surface area contributed by atoms with Crippen LogP contribution >= 0.6 is 22.7 Å². The van der Waals surface area contributed by atoms with Gasteiger partial charge in [0.05, 0.1) is 12.1 Å². The van der Waals surface area contributed by atoms with Crippen molar-refractivity contribution in [2.45, 2.75) is 12.1 Å². The molecule has 2 aromatic heterocycles. The van der Waals surface area contributed by atoms with E-state index in [1.165, 1.54) is 9.75 Å². The average molecular weight is 252 g/mol. The summed E-state index contributed by atoms with van der Waals surface area (Å²) in [4.78, 5) is 2.74. The van der Waals surface area contributed by atoms with Crippen molar-refractivity contribution < 1.29 is 0 Å². The number of rotatable bonds is 5. The van der Waals surface area contributed by atoms with Crippen molar-refractivity contribution in [2.75, 3.05) is 14.1 Å². The van der Waals surface area contributed by atoms with Crippen LogP contribution in [0.5, 0.6) is 0 Å². The smallest absolute Gasteiger partial charge is 0.0618 e. The molecule has 16 heavy (non-hydrogen) atoms. The molecule has 2 nitrogen and oxygen atoms in total. The third-order valence-corrected chi connectivity index (χ3v) is 4.57. The molecule has 0 aliphatic carbocycles. The molecule has 0 fully saturated rings. The van der Waals surface area contributed by atoms with E-state index in [1.54, 1.807) is 22.7 Å². The molecule has 2 N–H and O–H groups in total. The molecular formula is C12H16N2S2. The topological polar surface area (TPSA) is 24.1 Å². The zero-order valence-electron chi connectivity index (χ0n) is 9.44. The first-order valence-electron chi connectivity index (χ1n) is 5.28. The van der Waals surface area contributed by atoms with Crippen LogP contribution in [0, 0.1) is 0 Å². The Morgan fingerprint density at radius 2 is 1.31 bits per heavy atom. The van der Waals surface area contributed by atoms with Crippen LogP contribution < -0.4 is 10.6 Å². The van der Waals surface area contributed by atoms with E-state index in [0.717, 1.165) is 0 Å². The molecule has 0 spiro atoms. The first-order valence-corrected chi connectivity index (χ1v) is 7.04. The van der Waals surface area contributed by atoms with Gasteiger partial charge in [0.15, 0.2) is 0 Å². The van der Waals surface area contributed by atoms with Gasteiger partial charge in [0.25, 0.3) is 0 Å². The van der Waals surface area contributed by atoms with Gasteiger partial charge in [0.2, 0.25) is 0 Å². The Kier molecular flexibility index (Phi) is 4.12. The van der Waals surface area contributed by atoms with E-state index in [1.807, 2.05) is 14.1 Å². The third-order valence-electron chi connectivity index (χ3n) is 2.65. The van der Waals surface area contributed by atoms with Crippen molar-refractivity contribution in [3.8, 4) is 0 Å². The number of nitrogens with one attached hydrogen (secondary N) is 2. The second-order valence-corrected chi connectivity index (χ2v) is 5.52. The summed E-state index contributed by atoms with van der Waals surface area (Å²) >= 11 is 3.60. The Balaban J connectivity index is 2.25. The number of likely N-dealkylation sites (N-methyl/N-ethyl adjacent to an activating group) is 2. The van der Waals surface area contributed by atoms with Gasteiger partial charge in [-0.15, -0.1) is 22.7 Å². The molecule has 2 heterocycles. The second-order valence-electron chi connectivity index (χ2n) is 3.56. The summed E-state index contributed by atoms with van der Waals surface area (Å²) in [5.41, 5.74) is 0. The Bertz CT molecular complexity index is 354. The van der Waals surface area contributed by atoms with Crippen molar-refractivity contribution in [1.29, 1.82) is 0 Å². The van der Waals surface area contributed by atoms with Crippen molar-refractivity contribution >= 4 is 22.7 Å². The van der Waals surface area contributed by atoms with Crippen molar-refractivity contribution in [3.05, 3.63) is 44.8 Å². The van der Waals surface area contributed by atoms with Gasteiger partial charge in [-0.1, -0.05) is 12.1 Å². The van der Waals surface area contributed by atoms with E-state index in [9.17, 15) is 0 Å². The first-order chi connectivity index (χ1) is 7.86. The van der Waals surface area contributed by atoms with Crippen LogP contribution in [0.25, 0.3) is 0 Å². The molecule has 0 aromatic carbocycles. The van der Waals surface area contributed by atoms with Crippen molar-refractivity contribution in [3.63, 3.8) is 0 Å². The summed E-state index contributed by atoms with van der Waals surface area (Å²) in [6.07, 6.45) is 0. The predicted molar refractivity (Wildman–Crippen MR) is 72.2 cm³/mol. The third kappa shape index (κ3) is 2.35. The minimum absolute atomic E-state index is 0.337. The molecule has 2 aromatic rings. The molecule has 0 amide bonds. The lowest BCUT2D eigenvalue weighted by Crippen LogP contribution is -2.30. The minimum Gasteiger partial charge on any atom is -0.311 e. The molecule has 2 rings (SSSR count). The molecular weight excluding hydrogens is 236 g/mol. The van der Waals surface area contributed by atoms with Crippen molar-refractivity contribution in [2.24, 2.45) is 0 Å². The first kappa shape index (κ1) is 11.8. The molecule has 0 aliphatic heterocycles. The van der Waals surface area contributed by atoms with Crippen LogP contribution in [0.3, 0.4) is 0 Å². The van der Waals surface area contributed by atoms with E-state index in [0.29, 0.717) is 12.1 Å². The molecule has 2 atom stereocenters. The maximum absolute atomic E-state index is 3.40. The predicted octanol–water partition coefficient (Wildman–Crippen LogP) is 3.03. The second kappa shape index (κ2) is 5.59. The molecule has 86 valence electrons. The number of thiophene rings is 2. The quantitative estimate of drug-likeness (QED) is 0.854.